The Labute approximate surface area is 176 Å². The van der Waals surface area contributed by atoms with Crippen LogP contribution in [0.1, 0.15) is 37.2 Å². The van der Waals surface area contributed by atoms with Gasteiger partial charge in [-0.25, -0.2) is 9.97 Å². The molecule has 0 spiro atoms. The SMILES string of the molecule is Cc1nc(COc2ccccc2C(=O)NNC(=O)c2c(C)nc3ccccn23)cs1. The van der Waals surface area contributed by atoms with Gasteiger partial charge in [0.15, 0.2) is 0 Å². The zero-order chi connectivity index (χ0) is 21.1. The van der Waals surface area contributed by atoms with E-state index in [1.54, 1.807) is 53.9 Å². The Morgan fingerprint density at radius 1 is 1.03 bits per heavy atom. The van der Waals surface area contributed by atoms with Crippen molar-refractivity contribution in [2.24, 2.45) is 0 Å². The second-order valence-corrected chi connectivity index (χ2v) is 7.59. The number of ether oxygens (including phenoxy) is 1. The van der Waals surface area contributed by atoms with Crippen LogP contribution in [0.25, 0.3) is 5.65 Å². The van der Waals surface area contributed by atoms with Crippen LogP contribution < -0.4 is 15.6 Å². The van der Waals surface area contributed by atoms with Gasteiger partial charge in [0.2, 0.25) is 0 Å². The zero-order valence-electron chi connectivity index (χ0n) is 16.4. The van der Waals surface area contributed by atoms with Gasteiger partial charge in [0.05, 0.1) is 22.0 Å². The first-order chi connectivity index (χ1) is 14.5. The summed E-state index contributed by atoms with van der Waals surface area (Å²) in [5.74, 6) is -0.545. The number of imidazole rings is 1. The Morgan fingerprint density at radius 3 is 2.60 bits per heavy atom. The van der Waals surface area contributed by atoms with Crippen molar-refractivity contribution in [3.05, 3.63) is 81.7 Å². The molecule has 8 nitrogen and oxygen atoms in total. The normalized spacial score (nSPS) is 10.7. The maximum Gasteiger partial charge on any atom is 0.288 e. The van der Waals surface area contributed by atoms with Crippen molar-refractivity contribution in [2.45, 2.75) is 20.5 Å². The third-order valence-electron chi connectivity index (χ3n) is 4.38. The van der Waals surface area contributed by atoms with E-state index in [2.05, 4.69) is 20.8 Å². The number of nitrogens with one attached hydrogen (secondary N) is 2. The van der Waals surface area contributed by atoms with Crippen molar-refractivity contribution in [3.8, 4) is 5.75 Å². The van der Waals surface area contributed by atoms with E-state index in [0.717, 1.165) is 10.7 Å². The number of hydrogen-bond acceptors (Lipinski definition) is 6. The van der Waals surface area contributed by atoms with Gasteiger partial charge in [-0.15, -0.1) is 11.3 Å². The third kappa shape index (κ3) is 4.01. The lowest BCUT2D eigenvalue weighted by molar-refractivity contribution is 0.0840. The predicted molar refractivity (Wildman–Crippen MR) is 112 cm³/mol. The van der Waals surface area contributed by atoms with Gasteiger partial charge in [-0.1, -0.05) is 18.2 Å². The number of hydrazine groups is 1. The van der Waals surface area contributed by atoms with Crippen molar-refractivity contribution in [1.29, 1.82) is 0 Å². The molecule has 2 N–H and O–H groups in total. The summed E-state index contributed by atoms with van der Waals surface area (Å²) in [4.78, 5) is 34.0. The number of pyridine rings is 1. The molecule has 1 aromatic carbocycles. The molecule has 0 saturated carbocycles. The molecule has 2 amide bonds. The van der Waals surface area contributed by atoms with E-state index in [9.17, 15) is 9.59 Å². The second-order valence-electron chi connectivity index (χ2n) is 6.53. The summed E-state index contributed by atoms with van der Waals surface area (Å²) in [6, 6.07) is 12.3. The second kappa shape index (κ2) is 8.34. The van der Waals surface area contributed by atoms with Crippen LogP contribution in [0, 0.1) is 13.8 Å². The van der Waals surface area contributed by atoms with Crippen LogP contribution in [0.3, 0.4) is 0 Å². The number of para-hydroxylation sites is 1. The molecule has 0 atom stereocenters. The fraction of sp³-hybridized carbons (Fsp3) is 0.143. The highest BCUT2D eigenvalue weighted by molar-refractivity contribution is 7.09. The van der Waals surface area contributed by atoms with Crippen LogP contribution in [0.4, 0.5) is 0 Å². The van der Waals surface area contributed by atoms with Gasteiger partial charge in [0, 0.05) is 11.6 Å². The number of carbonyl (C=O) groups is 2. The molecule has 0 fully saturated rings. The summed E-state index contributed by atoms with van der Waals surface area (Å²) < 4.78 is 7.44. The summed E-state index contributed by atoms with van der Waals surface area (Å²) >= 11 is 1.54. The molecule has 0 unspecified atom stereocenters. The lowest BCUT2D eigenvalue weighted by Crippen LogP contribution is -2.42. The Kier molecular flexibility index (Phi) is 5.44. The largest absolute Gasteiger partial charge is 0.486 e. The first-order valence-electron chi connectivity index (χ1n) is 9.20. The van der Waals surface area contributed by atoms with Crippen LogP contribution in [0.5, 0.6) is 5.75 Å². The number of aromatic nitrogens is 3. The lowest BCUT2D eigenvalue weighted by Gasteiger charge is -2.12. The van der Waals surface area contributed by atoms with Gasteiger partial charge in [0.1, 0.15) is 23.7 Å². The monoisotopic (exact) mass is 421 g/mol. The summed E-state index contributed by atoms with van der Waals surface area (Å²) in [7, 11) is 0. The Morgan fingerprint density at radius 2 is 1.80 bits per heavy atom. The maximum atomic E-state index is 12.7. The predicted octanol–water partition coefficient (Wildman–Crippen LogP) is 3.06. The summed E-state index contributed by atoms with van der Waals surface area (Å²) in [6.45, 7) is 3.92. The lowest BCUT2D eigenvalue weighted by atomic mass is 10.2. The molecule has 3 heterocycles. The molecule has 0 aliphatic carbocycles. The first-order valence-corrected chi connectivity index (χ1v) is 10.1. The van der Waals surface area contributed by atoms with E-state index in [4.69, 9.17) is 4.74 Å². The average molecular weight is 421 g/mol. The first kappa shape index (κ1) is 19.6. The fourth-order valence-electron chi connectivity index (χ4n) is 3.03. The standard InChI is InChI=1S/C21H19N5O3S/c1-13-19(26-10-6-5-9-18(26)22-13)21(28)25-24-20(27)16-7-3-4-8-17(16)29-11-15-12-30-14(2)23-15/h3-10,12H,11H2,1-2H3,(H,24,27)(H,25,28). The number of rotatable bonds is 5. The number of amides is 2. The Hall–Kier alpha value is -3.72. The topological polar surface area (TPSA) is 97.6 Å². The van der Waals surface area contributed by atoms with Crippen molar-refractivity contribution in [2.75, 3.05) is 0 Å². The smallest absolute Gasteiger partial charge is 0.288 e. The molecule has 0 radical (unpaired) electrons. The van der Waals surface area contributed by atoms with Crippen molar-refractivity contribution in [1.82, 2.24) is 25.2 Å². The molecule has 4 aromatic rings. The van der Waals surface area contributed by atoms with Crippen molar-refractivity contribution in [3.63, 3.8) is 0 Å². The quantitative estimate of drug-likeness (QED) is 0.483. The van der Waals surface area contributed by atoms with Crippen molar-refractivity contribution >= 4 is 28.8 Å². The van der Waals surface area contributed by atoms with E-state index < -0.39 is 11.8 Å². The fourth-order valence-corrected chi connectivity index (χ4v) is 3.63. The molecule has 3 aromatic heterocycles. The van der Waals surface area contributed by atoms with Crippen LogP contribution >= 0.6 is 11.3 Å². The minimum Gasteiger partial charge on any atom is -0.486 e. The number of benzene rings is 1. The molecular formula is C21H19N5O3S. The minimum atomic E-state index is -0.486. The van der Waals surface area contributed by atoms with Crippen LogP contribution in [-0.2, 0) is 6.61 Å². The minimum absolute atomic E-state index is 0.252. The summed E-state index contributed by atoms with van der Waals surface area (Å²) in [5.41, 5.74) is 7.58. The number of hydrogen-bond donors (Lipinski definition) is 2. The van der Waals surface area contributed by atoms with Gasteiger partial charge in [0.25, 0.3) is 11.8 Å². The van der Waals surface area contributed by atoms with E-state index in [0.29, 0.717) is 28.3 Å². The highest BCUT2D eigenvalue weighted by Gasteiger charge is 2.18. The summed E-state index contributed by atoms with van der Waals surface area (Å²) in [6.07, 6.45) is 1.75. The highest BCUT2D eigenvalue weighted by atomic mass is 32.1. The van der Waals surface area contributed by atoms with Crippen molar-refractivity contribution < 1.29 is 14.3 Å². The van der Waals surface area contributed by atoms with Gasteiger partial charge in [-0.3, -0.25) is 24.8 Å². The molecule has 9 heteroatoms. The van der Waals surface area contributed by atoms with Gasteiger partial charge < -0.3 is 4.74 Å². The number of fused-ring (bicyclic) bond motifs is 1. The highest BCUT2D eigenvalue weighted by Crippen LogP contribution is 2.20. The number of thiazole rings is 1. The maximum absolute atomic E-state index is 12.7. The Balaban J connectivity index is 1.45. The molecule has 152 valence electrons. The number of aryl methyl sites for hydroxylation is 2. The molecule has 0 aliphatic heterocycles. The number of nitrogens with zero attached hydrogens (tertiary/aromatic N) is 3. The third-order valence-corrected chi connectivity index (χ3v) is 5.21. The van der Waals surface area contributed by atoms with Crippen LogP contribution in [-0.4, -0.2) is 26.2 Å². The van der Waals surface area contributed by atoms with Gasteiger partial charge in [-0.2, -0.15) is 0 Å². The Bertz CT molecular complexity index is 1230. The van der Waals surface area contributed by atoms with E-state index in [1.807, 2.05) is 18.4 Å². The summed E-state index contributed by atoms with van der Waals surface area (Å²) in [5, 5.41) is 2.86. The van der Waals surface area contributed by atoms with E-state index in [-0.39, 0.29) is 6.61 Å². The molecule has 0 saturated heterocycles. The van der Waals surface area contributed by atoms with Crippen LogP contribution in [0.15, 0.2) is 54.0 Å². The zero-order valence-corrected chi connectivity index (χ0v) is 17.2. The van der Waals surface area contributed by atoms with E-state index in [1.165, 1.54) is 11.3 Å². The number of carbonyl (C=O) groups excluding carboxylic acids is 2. The van der Waals surface area contributed by atoms with Crippen LogP contribution in [0.2, 0.25) is 0 Å². The molecular weight excluding hydrogens is 402 g/mol. The van der Waals surface area contributed by atoms with E-state index >= 15 is 0 Å². The average Bonchev–Trinajstić information content (AvgIpc) is 3.32. The molecule has 30 heavy (non-hydrogen) atoms. The molecule has 0 aliphatic rings. The molecule has 0 bridgehead atoms. The molecule has 4 rings (SSSR count). The van der Waals surface area contributed by atoms with Gasteiger partial charge in [-0.05, 0) is 38.1 Å². The van der Waals surface area contributed by atoms with Gasteiger partial charge >= 0.3 is 0 Å².